The molecule has 0 fully saturated rings. The number of anilines is 1. The Morgan fingerprint density at radius 1 is 0.886 bits per heavy atom. The smallest absolute Gasteiger partial charge is 0.407 e. The normalized spacial score (nSPS) is 12.0. The predicted octanol–water partition coefficient (Wildman–Crippen LogP) is 4.75. The zero-order chi connectivity index (χ0) is 26.0. The molecule has 2 aromatic carbocycles. The van der Waals surface area contributed by atoms with Crippen LogP contribution in [0, 0.1) is 0 Å². The lowest BCUT2D eigenvalue weighted by molar-refractivity contribution is -0.127. The van der Waals surface area contributed by atoms with Gasteiger partial charge in [-0.25, -0.2) is 4.79 Å². The molecule has 8 heteroatoms. The van der Waals surface area contributed by atoms with Crippen LogP contribution in [0.5, 0.6) is 5.75 Å². The fraction of sp³-hybridized carbons (Fsp3) is 0.444. The first kappa shape index (κ1) is 27.7. The summed E-state index contributed by atoms with van der Waals surface area (Å²) in [5.74, 6) is 0.645. The maximum absolute atomic E-state index is 12.4. The van der Waals surface area contributed by atoms with E-state index in [1.807, 2.05) is 36.4 Å². The van der Waals surface area contributed by atoms with Crippen molar-refractivity contribution < 1.29 is 23.9 Å². The molecule has 3 N–H and O–H groups in total. The highest BCUT2D eigenvalue weighted by Gasteiger charge is 2.16. The first-order chi connectivity index (χ1) is 16.4. The summed E-state index contributed by atoms with van der Waals surface area (Å²) in [6.07, 6.45) is -1.07. The van der Waals surface area contributed by atoms with E-state index in [4.69, 9.17) is 9.47 Å². The third kappa shape index (κ3) is 10.5. The quantitative estimate of drug-likeness (QED) is 0.452. The van der Waals surface area contributed by atoms with Crippen molar-refractivity contribution in [1.29, 1.82) is 0 Å². The monoisotopic (exact) mass is 483 g/mol. The lowest BCUT2D eigenvalue weighted by atomic mass is 10.0. The fourth-order valence-corrected chi connectivity index (χ4v) is 3.04. The Balaban J connectivity index is 1.72. The van der Waals surface area contributed by atoms with Crippen LogP contribution in [0.4, 0.5) is 10.5 Å². The Kier molecular flexibility index (Phi) is 10.1. The highest BCUT2D eigenvalue weighted by molar-refractivity contribution is 5.91. The number of hydrogen-bond acceptors (Lipinski definition) is 5. The molecular weight excluding hydrogens is 446 g/mol. The minimum absolute atomic E-state index is 0.120. The van der Waals surface area contributed by atoms with Crippen LogP contribution < -0.4 is 20.7 Å². The second kappa shape index (κ2) is 12.8. The van der Waals surface area contributed by atoms with Gasteiger partial charge in [0.15, 0.2) is 6.10 Å². The predicted molar refractivity (Wildman–Crippen MR) is 136 cm³/mol. The average Bonchev–Trinajstić information content (AvgIpc) is 2.77. The van der Waals surface area contributed by atoms with Crippen LogP contribution in [-0.2, 0) is 20.9 Å². The van der Waals surface area contributed by atoms with Gasteiger partial charge in [-0.15, -0.1) is 0 Å². The maximum Gasteiger partial charge on any atom is 0.407 e. The van der Waals surface area contributed by atoms with E-state index in [9.17, 15) is 14.4 Å². The molecule has 1 unspecified atom stereocenters. The van der Waals surface area contributed by atoms with E-state index in [1.54, 1.807) is 39.8 Å². The molecule has 0 bridgehead atoms. The van der Waals surface area contributed by atoms with Crippen LogP contribution in [0.1, 0.15) is 65.0 Å². The molecule has 8 nitrogen and oxygen atoms in total. The van der Waals surface area contributed by atoms with Gasteiger partial charge in [-0.05, 0) is 69.0 Å². The lowest BCUT2D eigenvalue weighted by Gasteiger charge is -2.19. The van der Waals surface area contributed by atoms with Crippen molar-refractivity contribution in [3.63, 3.8) is 0 Å². The number of nitrogens with one attached hydrogen (secondary N) is 3. The first-order valence-corrected chi connectivity index (χ1v) is 11.8. The van der Waals surface area contributed by atoms with E-state index in [1.165, 1.54) is 5.56 Å². The van der Waals surface area contributed by atoms with Crippen molar-refractivity contribution in [3.8, 4) is 5.75 Å². The van der Waals surface area contributed by atoms with Gasteiger partial charge in [-0.1, -0.05) is 38.1 Å². The molecule has 0 heterocycles. The number of amides is 3. The standard InChI is InChI=1S/C27H37N3O5/c1-18(2)21-9-13-23(14-10-21)34-19(3)25(32)29-17-20-7-11-22(12-8-20)30-24(31)15-16-28-26(33)35-27(4,5)6/h7-14,18-19H,15-17H2,1-6H3,(H,28,33)(H,29,32)(H,30,31). The molecule has 0 aliphatic carbocycles. The molecule has 1 atom stereocenters. The van der Waals surface area contributed by atoms with Crippen molar-refractivity contribution in [2.24, 2.45) is 0 Å². The number of hydrogen-bond donors (Lipinski definition) is 3. The number of ether oxygens (including phenoxy) is 2. The molecule has 3 amide bonds. The van der Waals surface area contributed by atoms with Gasteiger partial charge in [0.2, 0.25) is 5.91 Å². The molecule has 0 saturated heterocycles. The Bertz CT molecular complexity index is 979. The van der Waals surface area contributed by atoms with E-state index >= 15 is 0 Å². The Morgan fingerprint density at radius 2 is 1.51 bits per heavy atom. The van der Waals surface area contributed by atoms with Crippen LogP contribution in [0.25, 0.3) is 0 Å². The van der Waals surface area contributed by atoms with Gasteiger partial charge in [0.25, 0.3) is 5.91 Å². The van der Waals surface area contributed by atoms with Crippen molar-refractivity contribution in [2.45, 2.75) is 72.1 Å². The van der Waals surface area contributed by atoms with Gasteiger partial charge in [-0.2, -0.15) is 0 Å². The summed E-state index contributed by atoms with van der Waals surface area (Å²) in [6.45, 7) is 11.8. The largest absolute Gasteiger partial charge is 0.481 e. The number of benzene rings is 2. The van der Waals surface area contributed by atoms with Gasteiger partial charge >= 0.3 is 6.09 Å². The van der Waals surface area contributed by atoms with E-state index in [0.29, 0.717) is 23.9 Å². The van der Waals surface area contributed by atoms with Crippen LogP contribution in [-0.4, -0.2) is 36.2 Å². The summed E-state index contributed by atoms with van der Waals surface area (Å²) in [5.41, 5.74) is 2.14. The molecule has 35 heavy (non-hydrogen) atoms. The van der Waals surface area contributed by atoms with Crippen molar-refractivity contribution in [3.05, 3.63) is 59.7 Å². The molecule has 0 spiro atoms. The van der Waals surface area contributed by atoms with Crippen LogP contribution in [0.3, 0.4) is 0 Å². The lowest BCUT2D eigenvalue weighted by Crippen LogP contribution is -2.35. The summed E-state index contributed by atoms with van der Waals surface area (Å²) in [5, 5.41) is 8.18. The SMILES string of the molecule is CC(Oc1ccc(C(C)C)cc1)C(=O)NCc1ccc(NC(=O)CCNC(=O)OC(C)(C)C)cc1. The van der Waals surface area contributed by atoms with Gasteiger partial charge in [-0.3, -0.25) is 9.59 Å². The van der Waals surface area contributed by atoms with E-state index in [2.05, 4.69) is 29.8 Å². The van der Waals surface area contributed by atoms with Gasteiger partial charge < -0.3 is 25.4 Å². The zero-order valence-electron chi connectivity index (χ0n) is 21.4. The molecule has 2 aromatic rings. The Labute approximate surface area is 207 Å². The van der Waals surface area contributed by atoms with Crippen molar-refractivity contribution >= 4 is 23.6 Å². The van der Waals surface area contributed by atoms with E-state index < -0.39 is 17.8 Å². The molecule has 2 rings (SSSR count). The van der Waals surface area contributed by atoms with E-state index in [0.717, 1.165) is 5.56 Å². The summed E-state index contributed by atoms with van der Waals surface area (Å²) in [4.78, 5) is 36.1. The minimum atomic E-state index is -0.632. The minimum Gasteiger partial charge on any atom is -0.481 e. The van der Waals surface area contributed by atoms with Gasteiger partial charge in [0, 0.05) is 25.2 Å². The van der Waals surface area contributed by atoms with Gasteiger partial charge in [0.05, 0.1) is 0 Å². The summed E-state index contributed by atoms with van der Waals surface area (Å²) >= 11 is 0. The topological polar surface area (TPSA) is 106 Å². The maximum atomic E-state index is 12.4. The summed E-state index contributed by atoms with van der Waals surface area (Å²) in [7, 11) is 0. The molecule has 0 aromatic heterocycles. The van der Waals surface area contributed by atoms with Gasteiger partial charge in [0.1, 0.15) is 11.4 Å². The molecule has 0 aliphatic heterocycles. The average molecular weight is 484 g/mol. The first-order valence-electron chi connectivity index (χ1n) is 11.8. The van der Waals surface area contributed by atoms with E-state index in [-0.39, 0.29) is 24.8 Å². The zero-order valence-corrected chi connectivity index (χ0v) is 21.4. The van der Waals surface area contributed by atoms with Crippen LogP contribution in [0.2, 0.25) is 0 Å². The third-order valence-electron chi connectivity index (χ3n) is 4.95. The molecule has 0 radical (unpaired) electrons. The second-order valence-corrected chi connectivity index (χ2v) is 9.63. The molecule has 0 aliphatic rings. The highest BCUT2D eigenvalue weighted by atomic mass is 16.6. The number of rotatable bonds is 10. The Hall–Kier alpha value is -3.55. The summed E-state index contributed by atoms with van der Waals surface area (Å²) < 4.78 is 10.9. The Morgan fingerprint density at radius 3 is 2.09 bits per heavy atom. The second-order valence-electron chi connectivity index (χ2n) is 9.63. The molecular formula is C27H37N3O5. The molecule has 0 saturated carbocycles. The number of alkyl carbamates (subject to hydrolysis) is 1. The number of carbonyl (C=O) groups is 3. The van der Waals surface area contributed by atoms with Crippen LogP contribution in [0.15, 0.2) is 48.5 Å². The van der Waals surface area contributed by atoms with Crippen LogP contribution >= 0.6 is 0 Å². The number of carbonyl (C=O) groups excluding carboxylic acids is 3. The summed E-state index contributed by atoms with van der Waals surface area (Å²) in [6, 6.07) is 14.9. The molecule has 190 valence electrons. The van der Waals surface area contributed by atoms with Crippen molar-refractivity contribution in [1.82, 2.24) is 10.6 Å². The van der Waals surface area contributed by atoms with Crippen molar-refractivity contribution in [2.75, 3.05) is 11.9 Å². The third-order valence-corrected chi connectivity index (χ3v) is 4.95. The highest BCUT2D eigenvalue weighted by Crippen LogP contribution is 2.19. The fourth-order valence-electron chi connectivity index (χ4n) is 3.04.